The van der Waals surface area contributed by atoms with Crippen molar-refractivity contribution in [1.82, 2.24) is 9.78 Å². The summed E-state index contributed by atoms with van der Waals surface area (Å²) in [5.74, 6) is -0.903. The number of aromatic hydroxyl groups is 1. The second-order valence-corrected chi connectivity index (χ2v) is 5.97. The van der Waals surface area contributed by atoms with E-state index in [1.165, 1.54) is 28.9 Å². The zero-order valence-corrected chi connectivity index (χ0v) is 14.3. The van der Waals surface area contributed by atoms with Gasteiger partial charge in [0.05, 0.1) is 17.1 Å². The van der Waals surface area contributed by atoms with Gasteiger partial charge in [-0.05, 0) is 55.8 Å². The molecular weight excluding hydrogens is 345 g/mol. The Balaban J connectivity index is 1.94. The molecule has 0 fully saturated rings. The maximum atomic E-state index is 13.1. The van der Waals surface area contributed by atoms with Gasteiger partial charge in [0.1, 0.15) is 22.3 Å². The summed E-state index contributed by atoms with van der Waals surface area (Å²) in [7, 11) is 0. The summed E-state index contributed by atoms with van der Waals surface area (Å²) in [5.41, 5.74) is 2.28. The number of aryl methyl sites for hydroxylation is 2. The second-order valence-electron chi connectivity index (χ2n) is 5.61. The molecule has 1 aromatic heterocycles. The number of nitrogens with one attached hydrogen (secondary N) is 1. The van der Waals surface area contributed by atoms with Crippen molar-refractivity contribution < 1.29 is 14.3 Å². The Kier molecular flexibility index (Phi) is 4.46. The average Bonchev–Trinajstić information content (AvgIpc) is 2.85. The number of benzene rings is 2. The smallest absolute Gasteiger partial charge is 0.260 e. The van der Waals surface area contributed by atoms with Crippen LogP contribution in [0, 0.1) is 19.7 Å². The highest BCUT2D eigenvalue weighted by Crippen LogP contribution is 2.28. The monoisotopic (exact) mass is 359 g/mol. The van der Waals surface area contributed by atoms with Crippen LogP contribution in [0.4, 0.5) is 10.1 Å². The van der Waals surface area contributed by atoms with Gasteiger partial charge < -0.3 is 10.4 Å². The molecule has 2 aromatic carbocycles. The van der Waals surface area contributed by atoms with Gasteiger partial charge in [0.2, 0.25) is 0 Å². The number of nitrogens with zero attached hydrogens (tertiary/aromatic N) is 2. The van der Waals surface area contributed by atoms with Crippen LogP contribution in [-0.4, -0.2) is 20.8 Å². The number of phenols is 1. The van der Waals surface area contributed by atoms with Crippen LogP contribution >= 0.6 is 11.6 Å². The summed E-state index contributed by atoms with van der Waals surface area (Å²) < 4.78 is 14.4. The van der Waals surface area contributed by atoms with Crippen LogP contribution in [0.2, 0.25) is 5.15 Å². The molecule has 2 N–H and O–H groups in total. The minimum Gasteiger partial charge on any atom is -0.506 e. The van der Waals surface area contributed by atoms with Gasteiger partial charge in [-0.3, -0.25) is 4.79 Å². The van der Waals surface area contributed by atoms with Gasteiger partial charge in [0.15, 0.2) is 0 Å². The molecule has 0 aliphatic heterocycles. The maximum absolute atomic E-state index is 13.1. The first-order valence-corrected chi connectivity index (χ1v) is 7.86. The topological polar surface area (TPSA) is 67.2 Å². The molecular formula is C18H15ClFN3O2. The van der Waals surface area contributed by atoms with Crippen LogP contribution in [0.15, 0.2) is 42.5 Å². The molecule has 128 valence electrons. The number of phenolic OH excluding ortho intramolecular Hbond substituents is 1. The van der Waals surface area contributed by atoms with Gasteiger partial charge in [0.25, 0.3) is 5.91 Å². The lowest BCUT2D eigenvalue weighted by Gasteiger charge is -2.08. The fraction of sp³-hybridized carbons (Fsp3) is 0.111. The molecule has 1 amide bonds. The fourth-order valence-electron chi connectivity index (χ4n) is 2.44. The van der Waals surface area contributed by atoms with Gasteiger partial charge in [0, 0.05) is 0 Å². The Morgan fingerprint density at radius 1 is 1.20 bits per heavy atom. The van der Waals surface area contributed by atoms with E-state index in [0.29, 0.717) is 11.4 Å². The molecule has 0 atom stereocenters. The first kappa shape index (κ1) is 17.0. The van der Waals surface area contributed by atoms with Crippen LogP contribution in [-0.2, 0) is 0 Å². The Bertz CT molecular complexity index is 952. The minimum atomic E-state index is -0.491. The molecule has 3 rings (SSSR count). The fourth-order valence-corrected chi connectivity index (χ4v) is 2.80. The van der Waals surface area contributed by atoms with Gasteiger partial charge in [-0.15, -0.1) is 0 Å². The molecule has 0 saturated heterocycles. The Morgan fingerprint density at radius 3 is 2.52 bits per heavy atom. The summed E-state index contributed by atoms with van der Waals surface area (Å²) in [4.78, 5) is 12.6. The number of hydrogen-bond acceptors (Lipinski definition) is 3. The molecule has 0 spiro atoms. The highest BCUT2D eigenvalue weighted by atomic mass is 35.5. The molecule has 3 aromatic rings. The van der Waals surface area contributed by atoms with Crippen molar-refractivity contribution in [2.45, 2.75) is 13.8 Å². The van der Waals surface area contributed by atoms with Crippen molar-refractivity contribution in [2.24, 2.45) is 0 Å². The first-order valence-electron chi connectivity index (χ1n) is 7.49. The quantitative estimate of drug-likeness (QED) is 0.687. The largest absolute Gasteiger partial charge is 0.506 e. The Labute approximate surface area is 148 Å². The molecule has 1 heterocycles. The zero-order valence-electron chi connectivity index (χ0n) is 13.5. The van der Waals surface area contributed by atoms with Crippen molar-refractivity contribution in [1.29, 1.82) is 0 Å². The lowest BCUT2D eigenvalue weighted by atomic mass is 10.2. The van der Waals surface area contributed by atoms with Crippen molar-refractivity contribution in [3.8, 4) is 11.4 Å². The molecule has 0 aliphatic carbocycles. The zero-order chi connectivity index (χ0) is 18.1. The molecule has 0 radical (unpaired) electrons. The minimum absolute atomic E-state index is 0.0342. The molecule has 5 nitrogen and oxygen atoms in total. The number of aromatic nitrogens is 2. The number of carbonyl (C=O) groups excluding carboxylic acids is 1. The number of hydrogen-bond donors (Lipinski definition) is 2. The standard InChI is InChI=1S/C18H15ClFN3O2/c1-10-3-8-14(15(24)9-10)21-18(25)16-11(2)22-23(17(16)19)13-6-4-12(20)5-7-13/h3-9,24H,1-2H3,(H,21,25). The third-order valence-electron chi connectivity index (χ3n) is 3.70. The van der Waals surface area contributed by atoms with Crippen molar-refractivity contribution in [3.05, 3.63) is 70.3 Å². The van der Waals surface area contributed by atoms with Gasteiger partial charge >= 0.3 is 0 Å². The maximum Gasteiger partial charge on any atom is 0.260 e. The second kappa shape index (κ2) is 6.57. The summed E-state index contributed by atoms with van der Waals surface area (Å²) >= 11 is 6.31. The number of carbonyl (C=O) groups is 1. The number of halogens is 2. The lowest BCUT2D eigenvalue weighted by molar-refractivity contribution is 0.102. The normalized spacial score (nSPS) is 10.7. The van der Waals surface area contributed by atoms with E-state index in [4.69, 9.17) is 11.6 Å². The third-order valence-corrected chi connectivity index (χ3v) is 4.05. The van der Waals surface area contributed by atoms with Crippen molar-refractivity contribution in [3.63, 3.8) is 0 Å². The molecule has 25 heavy (non-hydrogen) atoms. The highest BCUT2D eigenvalue weighted by Gasteiger charge is 2.22. The molecule has 0 aliphatic rings. The van der Waals surface area contributed by atoms with Crippen LogP contribution in [0.1, 0.15) is 21.6 Å². The predicted octanol–water partition coefficient (Wildman–Crippen LogP) is 4.24. The van der Waals surface area contributed by atoms with E-state index in [0.717, 1.165) is 5.56 Å². The van der Waals surface area contributed by atoms with E-state index in [2.05, 4.69) is 10.4 Å². The van der Waals surface area contributed by atoms with E-state index < -0.39 is 5.91 Å². The van der Waals surface area contributed by atoms with Gasteiger partial charge in [-0.2, -0.15) is 5.10 Å². The van der Waals surface area contributed by atoms with E-state index in [1.54, 1.807) is 25.1 Å². The summed E-state index contributed by atoms with van der Waals surface area (Å²) in [5, 5.41) is 16.9. The summed E-state index contributed by atoms with van der Waals surface area (Å²) in [6.45, 7) is 3.48. The molecule has 0 saturated carbocycles. The molecule has 0 unspecified atom stereocenters. The predicted molar refractivity (Wildman–Crippen MR) is 94.1 cm³/mol. The third kappa shape index (κ3) is 3.34. The van der Waals surface area contributed by atoms with Crippen LogP contribution < -0.4 is 5.32 Å². The number of rotatable bonds is 3. The first-order chi connectivity index (χ1) is 11.9. The number of amides is 1. The van der Waals surface area contributed by atoms with E-state index >= 15 is 0 Å². The van der Waals surface area contributed by atoms with Gasteiger partial charge in [-0.1, -0.05) is 17.7 Å². The summed E-state index contributed by atoms with van der Waals surface area (Å²) in [6.07, 6.45) is 0. The van der Waals surface area contributed by atoms with Crippen LogP contribution in [0.3, 0.4) is 0 Å². The SMILES string of the molecule is Cc1ccc(NC(=O)c2c(C)nn(-c3ccc(F)cc3)c2Cl)c(O)c1. The van der Waals surface area contributed by atoms with E-state index in [-0.39, 0.29) is 28.0 Å². The number of anilines is 1. The Morgan fingerprint density at radius 2 is 1.88 bits per heavy atom. The van der Waals surface area contributed by atoms with Crippen LogP contribution in [0.25, 0.3) is 5.69 Å². The van der Waals surface area contributed by atoms with Crippen molar-refractivity contribution in [2.75, 3.05) is 5.32 Å². The Hall–Kier alpha value is -2.86. The molecule has 7 heteroatoms. The highest BCUT2D eigenvalue weighted by molar-refractivity contribution is 6.34. The average molecular weight is 360 g/mol. The molecule has 0 bridgehead atoms. The van der Waals surface area contributed by atoms with E-state index in [9.17, 15) is 14.3 Å². The lowest BCUT2D eigenvalue weighted by Crippen LogP contribution is -2.13. The van der Waals surface area contributed by atoms with Crippen molar-refractivity contribution >= 4 is 23.2 Å². The summed E-state index contributed by atoms with van der Waals surface area (Å²) in [6, 6.07) is 10.5. The van der Waals surface area contributed by atoms with Gasteiger partial charge in [-0.25, -0.2) is 9.07 Å². The van der Waals surface area contributed by atoms with Crippen LogP contribution in [0.5, 0.6) is 5.75 Å². The van der Waals surface area contributed by atoms with E-state index in [1.807, 2.05) is 6.92 Å².